The Morgan fingerprint density at radius 3 is 2.60 bits per heavy atom. The van der Waals surface area contributed by atoms with Crippen molar-refractivity contribution in [3.8, 4) is 0 Å². The summed E-state index contributed by atoms with van der Waals surface area (Å²) in [6.07, 6.45) is 4.40. The minimum Gasteiger partial charge on any atom is -0.411 e. The van der Waals surface area contributed by atoms with E-state index in [0.29, 0.717) is 11.3 Å². The maximum absolute atomic E-state index is 14.1. The van der Waals surface area contributed by atoms with Gasteiger partial charge in [0.25, 0.3) is 0 Å². The summed E-state index contributed by atoms with van der Waals surface area (Å²) in [6, 6.07) is 6.73. The van der Waals surface area contributed by atoms with Gasteiger partial charge < -0.3 is 10.3 Å². The lowest BCUT2D eigenvalue weighted by molar-refractivity contribution is 0.00218. The summed E-state index contributed by atoms with van der Waals surface area (Å²) in [5.74, 6) is -0.383. The molecule has 2 fully saturated rings. The molecule has 3 rings (SSSR count). The first kappa shape index (κ1) is 13.6. The lowest BCUT2D eigenvalue weighted by atomic mass is 9.58. The molecule has 4 heteroatoms. The van der Waals surface area contributed by atoms with Crippen molar-refractivity contribution in [3.05, 3.63) is 35.6 Å². The molecular formula is C16H20FNO2. The van der Waals surface area contributed by atoms with Crippen LogP contribution in [0.3, 0.4) is 0 Å². The third-order valence-electron chi connectivity index (χ3n) is 5.11. The molecule has 2 aliphatic rings. The second kappa shape index (κ2) is 5.17. The number of halogens is 1. The summed E-state index contributed by atoms with van der Waals surface area (Å²) in [5.41, 5.74) is 0.777. The molecular weight excluding hydrogens is 257 g/mol. The second-order valence-corrected chi connectivity index (χ2v) is 6.02. The van der Waals surface area contributed by atoms with E-state index < -0.39 is 11.5 Å². The SMILES string of the molecule is O/N=C1\CCC[C@H]1[C@@H](O)C1(c2ccccc2F)CCC1. The van der Waals surface area contributed by atoms with Crippen molar-refractivity contribution in [1.29, 1.82) is 0 Å². The van der Waals surface area contributed by atoms with Gasteiger partial charge in [-0.25, -0.2) is 4.39 Å². The topological polar surface area (TPSA) is 52.8 Å². The molecule has 0 bridgehead atoms. The molecule has 2 atom stereocenters. The lowest BCUT2D eigenvalue weighted by Crippen LogP contribution is -2.50. The van der Waals surface area contributed by atoms with Crippen LogP contribution in [-0.4, -0.2) is 22.1 Å². The monoisotopic (exact) mass is 277 g/mol. The fraction of sp³-hybridized carbons (Fsp3) is 0.562. The number of hydrogen-bond donors (Lipinski definition) is 2. The van der Waals surface area contributed by atoms with Gasteiger partial charge in [0.2, 0.25) is 0 Å². The Bertz CT molecular complexity index is 525. The van der Waals surface area contributed by atoms with E-state index in [0.717, 1.165) is 38.5 Å². The number of rotatable bonds is 3. The molecule has 0 unspecified atom stereocenters. The summed E-state index contributed by atoms with van der Waals surface area (Å²) in [5, 5.41) is 23.3. The summed E-state index contributed by atoms with van der Waals surface area (Å²) in [6.45, 7) is 0. The average molecular weight is 277 g/mol. The predicted molar refractivity (Wildman–Crippen MR) is 74.5 cm³/mol. The van der Waals surface area contributed by atoms with Gasteiger partial charge >= 0.3 is 0 Å². The smallest absolute Gasteiger partial charge is 0.127 e. The highest BCUT2D eigenvalue weighted by molar-refractivity contribution is 5.88. The zero-order valence-corrected chi connectivity index (χ0v) is 11.4. The van der Waals surface area contributed by atoms with E-state index in [4.69, 9.17) is 5.21 Å². The molecule has 0 spiro atoms. The van der Waals surface area contributed by atoms with Crippen LogP contribution >= 0.6 is 0 Å². The van der Waals surface area contributed by atoms with Gasteiger partial charge in [-0.05, 0) is 43.7 Å². The number of aliphatic hydroxyl groups excluding tert-OH is 1. The fourth-order valence-corrected chi connectivity index (χ4v) is 3.85. The lowest BCUT2D eigenvalue weighted by Gasteiger charge is -2.48. The van der Waals surface area contributed by atoms with E-state index in [1.54, 1.807) is 12.1 Å². The summed E-state index contributed by atoms with van der Waals surface area (Å²) < 4.78 is 14.1. The van der Waals surface area contributed by atoms with Crippen molar-refractivity contribution in [2.75, 3.05) is 0 Å². The molecule has 0 heterocycles. The molecule has 20 heavy (non-hydrogen) atoms. The summed E-state index contributed by atoms with van der Waals surface area (Å²) in [4.78, 5) is 0. The Morgan fingerprint density at radius 1 is 1.25 bits per heavy atom. The van der Waals surface area contributed by atoms with Gasteiger partial charge in [-0.3, -0.25) is 0 Å². The van der Waals surface area contributed by atoms with Gasteiger partial charge in [0.1, 0.15) is 5.82 Å². The molecule has 2 N–H and O–H groups in total. The van der Waals surface area contributed by atoms with Gasteiger partial charge in [-0.2, -0.15) is 0 Å². The first-order valence-electron chi connectivity index (χ1n) is 7.33. The van der Waals surface area contributed by atoms with E-state index in [1.807, 2.05) is 6.07 Å². The van der Waals surface area contributed by atoms with Crippen molar-refractivity contribution >= 4 is 5.71 Å². The van der Waals surface area contributed by atoms with Crippen LogP contribution in [0, 0.1) is 11.7 Å². The molecule has 2 saturated carbocycles. The number of aliphatic hydroxyl groups is 1. The maximum atomic E-state index is 14.1. The zero-order valence-electron chi connectivity index (χ0n) is 11.4. The van der Waals surface area contributed by atoms with Crippen molar-refractivity contribution in [2.24, 2.45) is 11.1 Å². The van der Waals surface area contributed by atoms with Crippen LogP contribution in [0.1, 0.15) is 44.1 Å². The van der Waals surface area contributed by atoms with Crippen LogP contribution in [0.25, 0.3) is 0 Å². The number of nitrogens with zero attached hydrogens (tertiary/aromatic N) is 1. The highest BCUT2D eigenvalue weighted by Crippen LogP contribution is 2.50. The normalized spacial score (nSPS) is 28.3. The molecule has 2 aliphatic carbocycles. The maximum Gasteiger partial charge on any atom is 0.127 e. The van der Waals surface area contributed by atoms with Crippen LogP contribution in [-0.2, 0) is 5.41 Å². The van der Waals surface area contributed by atoms with Crippen LogP contribution in [0.15, 0.2) is 29.4 Å². The van der Waals surface area contributed by atoms with Crippen molar-refractivity contribution < 1.29 is 14.7 Å². The van der Waals surface area contributed by atoms with E-state index >= 15 is 0 Å². The van der Waals surface area contributed by atoms with Gasteiger partial charge in [-0.1, -0.05) is 29.8 Å². The molecule has 0 saturated heterocycles. The first-order valence-corrected chi connectivity index (χ1v) is 7.33. The van der Waals surface area contributed by atoms with Gasteiger partial charge in [-0.15, -0.1) is 0 Å². The molecule has 1 aromatic carbocycles. The van der Waals surface area contributed by atoms with E-state index in [-0.39, 0.29) is 11.7 Å². The number of oxime groups is 1. The Hall–Kier alpha value is -1.42. The highest BCUT2D eigenvalue weighted by Gasteiger charge is 2.50. The molecule has 0 amide bonds. The molecule has 0 aliphatic heterocycles. The molecule has 3 nitrogen and oxygen atoms in total. The van der Waals surface area contributed by atoms with Gasteiger partial charge in [0.15, 0.2) is 0 Å². The van der Waals surface area contributed by atoms with Crippen molar-refractivity contribution in [2.45, 2.75) is 50.0 Å². The minimum atomic E-state index is -0.665. The third kappa shape index (κ3) is 1.94. The Labute approximate surface area is 118 Å². The van der Waals surface area contributed by atoms with E-state index in [1.165, 1.54) is 6.07 Å². The van der Waals surface area contributed by atoms with Gasteiger partial charge in [0, 0.05) is 11.3 Å². The Morgan fingerprint density at radius 2 is 2.00 bits per heavy atom. The second-order valence-electron chi connectivity index (χ2n) is 6.02. The molecule has 0 aromatic heterocycles. The van der Waals surface area contributed by atoms with E-state index in [2.05, 4.69) is 5.16 Å². The van der Waals surface area contributed by atoms with Crippen LogP contribution < -0.4 is 0 Å². The molecule has 1 aromatic rings. The largest absolute Gasteiger partial charge is 0.411 e. The molecule has 108 valence electrons. The van der Waals surface area contributed by atoms with E-state index in [9.17, 15) is 9.50 Å². The Balaban J connectivity index is 1.95. The highest BCUT2D eigenvalue weighted by atomic mass is 19.1. The van der Waals surface area contributed by atoms with Gasteiger partial charge in [0.05, 0.1) is 11.8 Å². The number of benzene rings is 1. The third-order valence-corrected chi connectivity index (χ3v) is 5.11. The zero-order chi connectivity index (χ0) is 14.2. The minimum absolute atomic E-state index is 0.139. The molecule has 0 radical (unpaired) electrons. The van der Waals surface area contributed by atoms with Crippen LogP contribution in [0.5, 0.6) is 0 Å². The Kier molecular flexibility index (Phi) is 3.50. The van der Waals surface area contributed by atoms with Crippen molar-refractivity contribution in [1.82, 2.24) is 0 Å². The quantitative estimate of drug-likeness (QED) is 0.658. The van der Waals surface area contributed by atoms with Crippen LogP contribution in [0.4, 0.5) is 4.39 Å². The summed E-state index contributed by atoms with van der Waals surface area (Å²) >= 11 is 0. The predicted octanol–water partition coefficient (Wildman–Crippen LogP) is 3.24. The standard InChI is InChI=1S/C16H20FNO2/c17-13-7-2-1-6-12(13)16(9-4-10-16)15(19)11-5-3-8-14(11)18-20/h1-2,6-7,11,15,19-20H,3-5,8-10H2/b18-14+/t11-,15-/m1/s1. The average Bonchev–Trinajstić information content (AvgIpc) is 2.87. The summed E-state index contributed by atoms with van der Waals surface area (Å²) in [7, 11) is 0. The number of hydrogen-bond acceptors (Lipinski definition) is 3. The fourth-order valence-electron chi connectivity index (χ4n) is 3.85. The van der Waals surface area contributed by atoms with Crippen LogP contribution in [0.2, 0.25) is 0 Å². The van der Waals surface area contributed by atoms with Crippen molar-refractivity contribution in [3.63, 3.8) is 0 Å². The first-order chi connectivity index (χ1) is 9.69.